The fraction of sp³-hybridized carbons (Fsp3) is 0.333. The van der Waals surface area contributed by atoms with Gasteiger partial charge in [-0.05, 0) is 65.5 Å². The molecule has 0 radical (unpaired) electrons. The van der Waals surface area contributed by atoms with Gasteiger partial charge in [0.25, 0.3) is 0 Å². The molecule has 0 aliphatic rings. The van der Waals surface area contributed by atoms with Crippen molar-refractivity contribution in [2.24, 2.45) is 0 Å². The van der Waals surface area contributed by atoms with Gasteiger partial charge in [0.1, 0.15) is 5.75 Å². The molecule has 0 bridgehead atoms. The molecule has 0 fully saturated rings. The van der Waals surface area contributed by atoms with E-state index in [0.717, 1.165) is 10.2 Å². The van der Waals surface area contributed by atoms with Gasteiger partial charge in [0.05, 0.1) is 11.6 Å². The molecule has 0 saturated carbocycles. The third-order valence-electron chi connectivity index (χ3n) is 3.83. The molecule has 112 valence electrons. The standard InChI is InChI=1S/C18H22BrNO/c1-12-7-5-6-8-16(12)14(3)20-13(2)15-9-10-18(21-4)17(19)11-15/h5-11,13-14,20H,1-4H3. The molecule has 0 heterocycles. The van der Waals surface area contributed by atoms with Crippen LogP contribution in [0.15, 0.2) is 46.9 Å². The summed E-state index contributed by atoms with van der Waals surface area (Å²) in [6.45, 7) is 6.54. The fourth-order valence-electron chi connectivity index (χ4n) is 2.59. The number of methoxy groups -OCH3 is 1. The molecule has 2 aromatic carbocycles. The Morgan fingerprint density at radius 1 is 1.05 bits per heavy atom. The Morgan fingerprint density at radius 2 is 1.76 bits per heavy atom. The molecule has 21 heavy (non-hydrogen) atoms. The molecule has 0 aromatic heterocycles. The number of hydrogen-bond acceptors (Lipinski definition) is 2. The highest BCUT2D eigenvalue weighted by molar-refractivity contribution is 9.10. The quantitative estimate of drug-likeness (QED) is 0.804. The van der Waals surface area contributed by atoms with Crippen molar-refractivity contribution in [3.63, 3.8) is 0 Å². The molecule has 2 aromatic rings. The van der Waals surface area contributed by atoms with Crippen LogP contribution in [0.1, 0.15) is 42.6 Å². The highest BCUT2D eigenvalue weighted by atomic mass is 79.9. The van der Waals surface area contributed by atoms with E-state index in [1.807, 2.05) is 6.07 Å². The third-order valence-corrected chi connectivity index (χ3v) is 4.45. The summed E-state index contributed by atoms with van der Waals surface area (Å²) < 4.78 is 6.26. The van der Waals surface area contributed by atoms with Crippen LogP contribution in [0.4, 0.5) is 0 Å². The lowest BCUT2D eigenvalue weighted by atomic mass is 10.0. The van der Waals surface area contributed by atoms with Crippen molar-refractivity contribution in [2.45, 2.75) is 32.9 Å². The molecule has 1 N–H and O–H groups in total. The fourth-order valence-corrected chi connectivity index (χ4v) is 3.14. The van der Waals surface area contributed by atoms with Crippen LogP contribution < -0.4 is 10.1 Å². The molecule has 2 nitrogen and oxygen atoms in total. The number of ether oxygens (including phenoxy) is 1. The second-order valence-electron chi connectivity index (χ2n) is 5.36. The average Bonchev–Trinajstić information content (AvgIpc) is 2.47. The van der Waals surface area contributed by atoms with E-state index in [4.69, 9.17) is 4.74 Å². The first kappa shape index (κ1) is 16.1. The van der Waals surface area contributed by atoms with Gasteiger partial charge < -0.3 is 10.1 Å². The van der Waals surface area contributed by atoms with Gasteiger partial charge >= 0.3 is 0 Å². The zero-order valence-corrected chi connectivity index (χ0v) is 14.6. The van der Waals surface area contributed by atoms with E-state index < -0.39 is 0 Å². The van der Waals surface area contributed by atoms with Gasteiger partial charge in [-0.25, -0.2) is 0 Å². The van der Waals surface area contributed by atoms with E-state index in [9.17, 15) is 0 Å². The predicted octanol–water partition coefficient (Wildman–Crippen LogP) is 5.18. The minimum atomic E-state index is 0.266. The summed E-state index contributed by atoms with van der Waals surface area (Å²) in [7, 11) is 1.68. The number of benzene rings is 2. The largest absolute Gasteiger partial charge is 0.496 e. The third kappa shape index (κ3) is 3.86. The van der Waals surface area contributed by atoms with Crippen molar-refractivity contribution in [1.29, 1.82) is 0 Å². The maximum atomic E-state index is 5.28. The first-order chi connectivity index (χ1) is 10.0. The van der Waals surface area contributed by atoms with Crippen LogP contribution in [-0.2, 0) is 0 Å². The number of aryl methyl sites for hydroxylation is 1. The van der Waals surface area contributed by atoms with E-state index in [1.165, 1.54) is 16.7 Å². The van der Waals surface area contributed by atoms with Gasteiger partial charge in [-0.3, -0.25) is 0 Å². The zero-order valence-electron chi connectivity index (χ0n) is 13.0. The number of halogens is 1. The number of nitrogens with one attached hydrogen (secondary N) is 1. The molecule has 2 rings (SSSR count). The predicted molar refractivity (Wildman–Crippen MR) is 91.8 cm³/mol. The van der Waals surface area contributed by atoms with Gasteiger partial charge in [0, 0.05) is 12.1 Å². The van der Waals surface area contributed by atoms with Crippen molar-refractivity contribution in [1.82, 2.24) is 5.32 Å². The van der Waals surface area contributed by atoms with Gasteiger partial charge in [-0.1, -0.05) is 30.3 Å². The van der Waals surface area contributed by atoms with E-state index in [0.29, 0.717) is 6.04 Å². The van der Waals surface area contributed by atoms with E-state index >= 15 is 0 Å². The highest BCUT2D eigenvalue weighted by Crippen LogP contribution is 2.29. The number of hydrogen-bond donors (Lipinski definition) is 1. The Kier molecular flexibility index (Phi) is 5.43. The Labute approximate surface area is 135 Å². The summed E-state index contributed by atoms with van der Waals surface area (Å²) in [6, 6.07) is 15.3. The molecular formula is C18H22BrNO. The van der Waals surface area contributed by atoms with Crippen molar-refractivity contribution in [3.8, 4) is 5.75 Å². The van der Waals surface area contributed by atoms with E-state index in [2.05, 4.69) is 78.4 Å². The first-order valence-electron chi connectivity index (χ1n) is 7.18. The summed E-state index contributed by atoms with van der Waals surface area (Å²) in [5.74, 6) is 0.859. The van der Waals surface area contributed by atoms with Gasteiger partial charge in [-0.15, -0.1) is 0 Å². The monoisotopic (exact) mass is 347 g/mol. The Hall–Kier alpha value is -1.32. The topological polar surface area (TPSA) is 21.3 Å². The van der Waals surface area contributed by atoms with Crippen molar-refractivity contribution in [3.05, 3.63) is 63.6 Å². The van der Waals surface area contributed by atoms with Gasteiger partial charge in [0.2, 0.25) is 0 Å². The van der Waals surface area contributed by atoms with Gasteiger partial charge in [-0.2, -0.15) is 0 Å². The molecule has 2 unspecified atom stereocenters. The summed E-state index contributed by atoms with van der Waals surface area (Å²) in [6.07, 6.45) is 0. The average molecular weight is 348 g/mol. The molecule has 2 atom stereocenters. The second kappa shape index (κ2) is 7.10. The lowest BCUT2D eigenvalue weighted by Gasteiger charge is -2.22. The van der Waals surface area contributed by atoms with Crippen LogP contribution >= 0.6 is 15.9 Å². The first-order valence-corrected chi connectivity index (χ1v) is 7.97. The van der Waals surface area contributed by atoms with Crippen LogP contribution in [0, 0.1) is 6.92 Å². The summed E-state index contributed by atoms with van der Waals surface area (Å²) >= 11 is 3.55. The molecule has 0 spiro atoms. The van der Waals surface area contributed by atoms with E-state index in [1.54, 1.807) is 7.11 Å². The maximum absolute atomic E-state index is 5.28. The van der Waals surface area contributed by atoms with Crippen LogP contribution in [0.5, 0.6) is 5.75 Å². The summed E-state index contributed by atoms with van der Waals surface area (Å²) in [4.78, 5) is 0. The second-order valence-corrected chi connectivity index (χ2v) is 6.21. The number of rotatable bonds is 5. The minimum absolute atomic E-state index is 0.266. The smallest absolute Gasteiger partial charge is 0.133 e. The molecule has 0 aliphatic heterocycles. The SMILES string of the molecule is COc1ccc(C(C)NC(C)c2ccccc2C)cc1Br. The Balaban J connectivity index is 2.12. The lowest BCUT2D eigenvalue weighted by molar-refractivity contribution is 0.411. The highest BCUT2D eigenvalue weighted by Gasteiger charge is 2.13. The normalized spacial score (nSPS) is 13.8. The van der Waals surface area contributed by atoms with Crippen LogP contribution in [0.3, 0.4) is 0 Å². The Bertz CT molecular complexity index is 612. The molecular weight excluding hydrogens is 326 g/mol. The Morgan fingerprint density at radius 3 is 2.38 bits per heavy atom. The van der Waals surface area contributed by atoms with Crippen LogP contribution in [0.2, 0.25) is 0 Å². The van der Waals surface area contributed by atoms with Crippen molar-refractivity contribution in [2.75, 3.05) is 7.11 Å². The molecule has 0 aliphatic carbocycles. The zero-order chi connectivity index (χ0) is 15.4. The lowest BCUT2D eigenvalue weighted by Crippen LogP contribution is -2.23. The van der Waals surface area contributed by atoms with Crippen LogP contribution in [0.25, 0.3) is 0 Å². The molecule has 0 saturated heterocycles. The van der Waals surface area contributed by atoms with E-state index in [-0.39, 0.29) is 6.04 Å². The summed E-state index contributed by atoms with van der Waals surface area (Å²) in [5.41, 5.74) is 3.90. The molecule has 3 heteroatoms. The minimum Gasteiger partial charge on any atom is -0.496 e. The maximum Gasteiger partial charge on any atom is 0.133 e. The van der Waals surface area contributed by atoms with Crippen molar-refractivity contribution < 1.29 is 4.74 Å². The van der Waals surface area contributed by atoms with Crippen LogP contribution in [-0.4, -0.2) is 7.11 Å². The molecule has 0 amide bonds. The van der Waals surface area contributed by atoms with Crippen molar-refractivity contribution >= 4 is 15.9 Å². The van der Waals surface area contributed by atoms with Gasteiger partial charge in [0.15, 0.2) is 0 Å². The summed E-state index contributed by atoms with van der Waals surface area (Å²) in [5, 5.41) is 3.66.